The highest BCUT2D eigenvalue weighted by Crippen LogP contribution is 2.37. The van der Waals surface area contributed by atoms with Gasteiger partial charge < -0.3 is 10.1 Å². The van der Waals surface area contributed by atoms with Crippen LogP contribution in [0.5, 0.6) is 5.75 Å². The van der Waals surface area contributed by atoms with Crippen LogP contribution in [0, 0.1) is 6.92 Å². The molecule has 0 saturated carbocycles. The Morgan fingerprint density at radius 3 is 2.86 bits per heavy atom. The maximum atomic E-state index is 12.5. The van der Waals surface area contributed by atoms with Gasteiger partial charge in [0.05, 0.1) is 22.4 Å². The van der Waals surface area contributed by atoms with Crippen molar-refractivity contribution in [2.45, 2.75) is 20.1 Å². The molecule has 4 nitrogen and oxygen atoms in total. The van der Waals surface area contributed by atoms with Gasteiger partial charge >= 0.3 is 6.61 Å². The van der Waals surface area contributed by atoms with Crippen molar-refractivity contribution in [3.63, 3.8) is 0 Å². The smallest absolute Gasteiger partial charge is 0.387 e. The van der Waals surface area contributed by atoms with E-state index in [1.54, 1.807) is 19.2 Å². The summed E-state index contributed by atoms with van der Waals surface area (Å²) >= 11 is 9.08. The lowest BCUT2D eigenvalue weighted by molar-refractivity contribution is -0.0498. The van der Waals surface area contributed by atoms with Crippen LogP contribution in [0.3, 0.4) is 0 Å². The molecular weight excluding hydrogens is 368 g/mol. The SMILES string of the molecule is Cc1nccc(CNc2cc(Cl)cc(Br)c2OC(F)F)n1. The minimum Gasteiger partial charge on any atom is -0.431 e. The first-order valence-corrected chi connectivity index (χ1v) is 7.09. The highest BCUT2D eigenvalue weighted by atomic mass is 79.9. The Hall–Kier alpha value is -1.47. The maximum absolute atomic E-state index is 12.5. The number of hydrogen-bond donors (Lipinski definition) is 1. The topological polar surface area (TPSA) is 47.0 Å². The number of hydrogen-bond acceptors (Lipinski definition) is 4. The predicted octanol–water partition coefficient (Wildman–Crippen LogP) is 4.41. The Kier molecular flexibility index (Phi) is 5.30. The van der Waals surface area contributed by atoms with Gasteiger partial charge in [0, 0.05) is 11.2 Å². The lowest BCUT2D eigenvalue weighted by Gasteiger charge is -2.14. The molecule has 112 valence electrons. The molecular formula is C13H11BrClF2N3O. The maximum Gasteiger partial charge on any atom is 0.387 e. The highest BCUT2D eigenvalue weighted by molar-refractivity contribution is 9.10. The van der Waals surface area contributed by atoms with E-state index in [4.69, 9.17) is 11.6 Å². The molecule has 0 radical (unpaired) electrons. The summed E-state index contributed by atoms with van der Waals surface area (Å²) < 4.78 is 29.8. The van der Waals surface area contributed by atoms with Gasteiger partial charge in [-0.2, -0.15) is 8.78 Å². The van der Waals surface area contributed by atoms with Crippen LogP contribution >= 0.6 is 27.5 Å². The van der Waals surface area contributed by atoms with E-state index in [0.717, 1.165) is 5.69 Å². The molecule has 0 fully saturated rings. The third kappa shape index (κ3) is 4.50. The minimum absolute atomic E-state index is 0.000165. The van der Waals surface area contributed by atoms with Crippen molar-refractivity contribution in [1.29, 1.82) is 0 Å². The molecule has 8 heteroatoms. The second kappa shape index (κ2) is 7.00. The Morgan fingerprint density at radius 1 is 1.43 bits per heavy atom. The lowest BCUT2D eigenvalue weighted by atomic mass is 10.2. The summed E-state index contributed by atoms with van der Waals surface area (Å²) in [6.07, 6.45) is 1.63. The van der Waals surface area contributed by atoms with Gasteiger partial charge in [0.2, 0.25) is 0 Å². The fraction of sp³-hybridized carbons (Fsp3) is 0.231. The molecule has 0 saturated heterocycles. The summed E-state index contributed by atoms with van der Waals surface area (Å²) in [4.78, 5) is 8.21. The Bertz CT molecular complexity index is 643. The molecule has 1 heterocycles. The number of anilines is 1. The van der Waals surface area contributed by atoms with Gasteiger partial charge in [-0.3, -0.25) is 0 Å². The number of alkyl halides is 2. The van der Waals surface area contributed by atoms with E-state index >= 15 is 0 Å². The van der Waals surface area contributed by atoms with Gasteiger partial charge in [0.15, 0.2) is 5.75 Å². The third-order valence-electron chi connectivity index (χ3n) is 2.51. The fourth-order valence-corrected chi connectivity index (χ4v) is 2.59. The monoisotopic (exact) mass is 377 g/mol. The van der Waals surface area contributed by atoms with Gasteiger partial charge in [-0.25, -0.2) is 9.97 Å². The lowest BCUT2D eigenvalue weighted by Crippen LogP contribution is -2.08. The van der Waals surface area contributed by atoms with E-state index in [1.165, 1.54) is 12.1 Å². The van der Waals surface area contributed by atoms with Gasteiger partial charge in [-0.05, 0) is 41.1 Å². The molecule has 0 spiro atoms. The van der Waals surface area contributed by atoms with Crippen molar-refractivity contribution in [3.8, 4) is 5.75 Å². The van der Waals surface area contributed by atoms with Gasteiger partial charge in [0.25, 0.3) is 0 Å². The Labute approximate surface area is 133 Å². The largest absolute Gasteiger partial charge is 0.431 e. The fourth-order valence-electron chi connectivity index (χ4n) is 1.69. The van der Waals surface area contributed by atoms with E-state index in [-0.39, 0.29) is 5.75 Å². The van der Waals surface area contributed by atoms with Crippen LogP contribution in [0.15, 0.2) is 28.9 Å². The molecule has 0 aliphatic heterocycles. The average Bonchev–Trinajstić information content (AvgIpc) is 2.39. The zero-order chi connectivity index (χ0) is 15.4. The van der Waals surface area contributed by atoms with Crippen LogP contribution < -0.4 is 10.1 Å². The summed E-state index contributed by atoms with van der Waals surface area (Å²) in [6.45, 7) is -0.829. The van der Waals surface area contributed by atoms with Crippen LogP contribution in [0.4, 0.5) is 14.5 Å². The van der Waals surface area contributed by atoms with Crippen LogP contribution in [-0.4, -0.2) is 16.6 Å². The molecule has 1 N–H and O–H groups in total. The summed E-state index contributed by atoms with van der Waals surface area (Å²) in [5.41, 5.74) is 1.08. The quantitative estimate of drug-likeness (QED) is 0.837. The van der Waals surface area contributed by atoms with Gasteiger partial charge in [-0.15, -0.1) is 0 Å². The molecule has 0 unspecified atom stereocenters. The molecule has 2 aromatic rings. The molecule has 0 atom stereocenters. The molecule has 0 bridgehead atoms. The highest BCUT2D eigenvalue weighted by Gasteiger charge is 2.15. The van der Waals surface area contributed by atoms with E-state index in [9.17, 15) is 8.78 Å². The molecule has 2 rings (SSSR count). The standard InChI is InChI=1S/C13H11BrClF2N3O/c1-7-18-3-2-9(20-7)6-19-11-5-8(15)4-10(14)12(11)21-13(16)17/h2-5,13,19H,6H2,1H3. The third-order valence-corrected chi connectivity index (χ3v) is 3.32. The normalized spacial score (nSPS) is 10.8. The number of aromatic nitrogens is 2. The van der Waals surface area contributed by atoms with Gasteiger partial charge in [0.1, 0.15) is 5.82 Å². The first-order chi connectivity index (χ1) is 9.95. The number of rotatable bonds is 5. The van der Waals surface area contributed by atoms with Crippen molar-refractivity contribution in [3.05, 3.63) is 45.4 Å². The van der Waals surface area contributed by atoms with Crippen molar-refractivity contribution in [2.24, 2.45) is 0 Å². The number of halogens is 4. The van der Waals surface area contributed by atoms with E-state index in [2.05, 4.69) is 36.0 Å². The van der Waals surface area contributed by atoms with Crippen molar-refractivity contribution in [2.75, 3.05) is 5.32 Å². The molecule has 21 heavy (non-hydrogen) atoms. The molecule has 1 aromatic heterocycles. The number of nitrogens with one attached hydrogen (secondary N) is 1. The Morgan fingerprint density at radius 2 is 2.19 bits per heavy atom. The van der Waals surface area contributed by atoms with Crippen LogP contribution in [0.1, 0.15) is 11.5 Å². The summed E-state index contributed by atoms with van der Waals surface area (Å²) in [6, 6.07) is 4.73. The second-order valence-electron chi connectivity index (χ2n) is 4.09. The minimum atomic E-state index is -2.93. The summed E-state index contributed by atoms with van der Waals surface area (Å²) in [7, 11) is 0. The summed E-state index contributed by atoms with van der Waals surface area (Å²) in [5.74, 6) is 0.630. The molecule has 0 amide bonds. The summed E-state index contributed by atoms with van der Waals surface area (Å²) in [5, 5.41) is 3.37. The first kappa shape index (κ1) is 15.9. The first-order valence-electron chi connectivity index (χ1n) is 5.92. The zero-order valence-corrected chi connectivity index (χ0v) is 13.3. The number of aryl methyl sites for hydroxylation is 1. The number of benzene rings is 1. The van der Waals surface area contributed by atoms with E-state index in [0.29, 0.717) is 27.6 Å². The number of ether oxygens (including phenoxy) is 1. The van der Waals surface area contributed by atoms with E-state index in [1.807, 2.05) is 0 Å². The van der Waals surface area contributed by atoms with E-state index < -0.39 is 6.61 Å². The average molecular weight is 379 g/mol. The van der Waals surface area contributed by atoms with Crippen molar-refractivity contribution in [1.82, 2.24) is 9.97 Å². The van der Waals surface area contributed by atoms with Crippen LogP contribution in [-0.2, 0) is 6.54 Å². The second-order valence-corrected chi connectivity index (χ2v) is 5.38. The predicted molar refractivity (Wildman–Crippen MR) is 79.9 cm³/mol. The molecule has 0 aliphatic carbocycles. The zero-order valence-electron chi connectivity index (χ0n) is 10.9. The Balaban J connectivity index is 2.22. The number of nitrogens with zero attached hydrogens (tertiary/aromatic N) is 2. The molecule has 1 aromatic carbocycles. The van der Waals surface area contributed by atoms with Gasteiger partial charge in [-0.1, -0.05) is 11.6 Å². The van der Waals surface area contributed by atoms with Crippen molar-refractivity contribution >= 4 is 33.2 Å². The van der Waals surface area contributed by atoms with Crippen LogP contribution in [0.2, 0.25) is 5.02 Å². The molecule has 0 aliphatic rings. The van der Waals surface area contributed by atoms with Crippen molar-refractivity contribution < 1.29 is 13.5 Å². The van der Waals surface area contributed by atoms with Crippen LogP contribution in [0.25, 0.3) is 0 Å².